The molecule has 0 bridgehead atoms. The minimum Gasteiger partial charge on any atom is -0.438 e. The Morgan fingerprint density at radius 2 is 2.11 bits per heavy atom. The number of halogens is 2. The molecule has 3 N–H and O–H groups in total. The van der Waals surface area contributed by atoms with Crippen LogP contribution in [0.4, 0.5) is 0 Å². The van der Waals surface area contributed by atoms with E-state index in [4.69, 9.17) is 27.5 Å². The van der Waals surface area contributed by atoms with E-state index in [-0.39, 0.29) is 5.84 Å². The third-order valence-electron chi connectivity index (χ3n) is 2.16. The molecular weight excluding hydrogens is 318 g/mol. The fraction of sp³-hybridized carbons (Fsp3) is 0. The fourth-order valence-corrected chi connectivity index (χ4v) is 2.03. The lowest BCUT2D eigenvalue weighted by atomic mass is 10.3. The van der Waals surface area contributed by atoms with Crippen LogP contribution in [0.5, 0.6) is 11.6 Å². The second kappa shape index (κ2) is 5.37. The van der Waals surface area contributed by atoms with Crippen LogP contribution in [0.2, 0.25) is 5.02 Å². The molecule has 2 rings (SSSR count). The van der Waals surface area contributed by atoms with Crippen molar-refractivity contribution in [3.05, 3.63) is 51.6 Å². The Morgan fingerprint density at radius 3 is 2.67 bits per heavy atom. The number of rotatable bonds is 3. The van der Waals surface area contributed by atoms with Crippen LogP contribution in [0.15, 0.2) is 41.0 Å². The molecule has 0 fully saturated rings. The normalized spacial score (nSPS) is 10.1. The number of nitrogens with one attached hydrogen (secondary N) is 1. The van der Waals surface area contributed by atoms with Gasteiger partial charge in [-0.15, -0.1) is 0 Å². The van der Waals surface area contributed by atoms with Crippen molar-refractivity contribution in [1.29, 1.82) is 5.41 Å². The van der Waals surface area contributed by atoms with Crippen LogP contribution in [-0.2, 0) is 0 Å². The maximum atomic E-state index is 7.26. The SMILES string of the molecule is N=C(N)c1ccc(Oc2ccc(Cl)cc2Br)nc1. The molecule has 0 unspecified atom stereocenters. The van der Waals surface area contributed by atoms with Gasteiger partial charge in [-0.2, -0.15) is 0 Å². The number of pyridine rings is 1. The van der Waals surface area contributed by atoms with Gasteiger partial charge in [0.2, 0.25) is 5.88 Å². The molecule has 0 saturated carbocycles. The molecule has 0 saturated heterocycles. The van der Waals surface area contributed by atoms with Crippen LogP contribution in [0.25, 0.3) is 0 Å². The Morgan fingerprint density at radius 1 is 1.33 bits per heavy atom. The summed E-state index contributed by atoms with van der Waals surface area (Å²) < 4.78 is 6.31. The fourth-order valence-electron chi connectivity index (χ4n) is 1.27. The average Bonchev–Trinajstić information content (AvgIpc) is 2.33. The molecule has 1 aromatic heterocycles. The number of benzene rings is 1. The molecule has 0 radical (unpaired) electrons. The van der Waals surface area contributed by atoms with Crippen molar-refractivity contribution in [3.63, 3.8) is 0 Å². The molecule has 0 aliphatic heterocycles. The zero-order chi connectivity index (χ0) is 13.1. The first-order valence-corrected chi connectivity index (χ1v) is 6.17. The van der Waals surface area contributed by atoms with E-state index in [1.165, 1.54) is 6.20 Å². The van der Waals surface area contributed by atoms with E-state index in [0.717, 1.165) is 4.47 Å². The number of aromatic nitrogens is 1. The van der Waals surface area contributed by atoms with Crippen LogP contribution < -0.4 is 10.5 Å². The number of nitrogens with zero attached hydrogens (tertiary/aromatic N) is 1. The van der Waals surface area contributed by atoms with Gasteiger partial charge < -0.3 is 10.5 Å². The van der Waals surface area contributed by atoms with E-state index in [9.17, 15) is 0 Å². The molecule has 6 heteroatoms. The summed E-state index contributed by atoms with van der Waals surface area (Å²) in [6, 6.07) is 8.53. The average molecular weight is 327 g/mol. The molecule has 0 atom stereocenters. The van der Waals surface area contributed by atoms with E-state index in [0.29, 0.717) is 22.2 Å². The lowest BCUT2D eigenvalue weighted by Crippen LogP contribution is -2.11. The van der Waals surface area contributed by atoms with Crippen LogP contribution >= 0.6 is 27.5 Å². The number of amidine groups is 1. The highest BCUT2D eigenvalue weighted by Gasteiger charge is 2.05. The third kappa shape index (κ3) is 3.00. The summed E-state index contributed by atoms with van der Waals surface area (Å²) in [7, 11) is 0. The molecule has 0 aliphatic carbocycles. The van der Waals surface area contributed by atoms with Crippen molar-refractivity contribution in [1.82, 2.24) is 4.98 Å². The van der Waals surface area contributed by atoms with Gasteiger partial charge in [0.05, 0.1) is 4.47 Å². The highest BCUT2D eigenvalue weighted by Crippen LogP contribution is 2.31. The van der Waals surface area contributed by atoms with Gasteiger partial charge in [-0.1, -0.05) is 11.6 Å². The molecule has 18 heavy (non-hydrogen) atoms. The van der Waals surface area contributed by atoms with Crippen LogP contribution in [0.1, 0.15) is 5.56 Å². The predicted molar refractivity (Wildman–Crippen MR) is 74.5 cm³/mol. The van der Waals surface area contributed by atoms with Gasteiger partial charge >= 0.3 is 0 Å². The first kappa shape index (κ1) is 12.9. The maximum absolute atomic E-state index is 7.26. The number of nitrogens with two attached hydrogens (primary N) is 1. The predicted octanol–water partition coefficient (Wildman–Crippen LogP) is 3.57. The highest BCUT2D eigenvalue weighted by atomic mass is 79.9. The second-order valence-electron chi connectivity index (χ2n) is 3.48. The summed E-state index contributed by atoms with van der Waals surface area (Å²) in [5.41, 5.74) is 5.89. The molecule has 0 amide bonds. The van der Waals surface area contributed by atoms with E-state index in [1.54, 1.807) is 30.3 Å². The zero-order valence-corrected chi connectivity index (χ0v) is 11.5. The Bertz CT molecular complexity index is 586. The zero-order valence-electron chi connectivity index (χ0n) is 9.15. The first-order chi connectivity index (χ1) is 8.56. The Hall–Kier alpha value is -1.59. The molecule has 2 aromatic rings. The van der Waals surface area contributed by atoms with Gasteiger partial charge in [0.15, 0.2) is 0 Å². The van der Waals surface area contributed by atoms with Crippen molar-refractivity contribution in [2.45, 2.75) is 0 Å². The third-order valence-corrected chi connectivity index (χ3v) is 3.01. The Kier molecular flexibility index (Phi) is 3.84. The molecule has 1 aromatic carbocycles. The number of nitrogen functional groups attached to an aromatic ring is 1. The smallest absolute Gasteiger partial charge is 0.219 e. The van der Waals surface area contributed by atoms with E-state index < -0.39 is 0 Å². The summed E-state index contributed by atoms with van der Waals surface area (Å²) in [5, 5.41) is 7.88. The quantitative estimate of drug-likeness (QED) is 0.669. The van der Waals surface area contributed by atoms with Crippen LogP contribution in [0, 0.1) is 5.41 Å². The molecule has 0 aliphatic rings. The van der Waals surface area contributed by atoms with E-state index in [2.05, 4.69) is 20.9 Å². The lowest BCUT2D eigenvalue weighted by Gasteiger charge is -2.07. The Balaban J connectivity index is 2.21. The van der Waals surface area contributed by atoms with Gasteiger partial charge in [0.25, 0.3) is 0 Å². The summed E-state index contributed by atoms with van der Waals surface area (Å²) >= 11 is 9.19. The summed E-state index contributed by atoms with van der Waals surface area (Å²) in [4.78, 5) is 4.06. The van der Waals surface area contributed by atoms with Crippen LogP contribution in [0.3, 0.4) is 0 Å². The molecule has 92 valence electrons. The summed E-state index contributed by atoms with van der Waals surface area (Å²) in [6.45, 7) is 0. The standard InChI is InChI=1S/C12H9BrClN3O/c13-9-5-8(14)2-3-10(9)18-11-4-1-7(6-17-11)12(15)16/h1-6H,(H3,15,16). The van der Waals surface area contributed by atoms with Gasteiger partial charge in [-0.3, -0.25) is 5.41 Å². The highest BCUT2D eigenvalue weighted by molar-refractivity contribution is 9.10. The second-order valence-corrected chi connectivity index (χ2v) is 4.77. The van der Waals surface area contributed by atoms with Crippen molar-refractivity contribution < 1.29 is 4.74 Å². The van der Waals surface area contributed by atoms with Crippen molar-refractivity contribution in [3.8, 4) is 11.6 Å². The maximum Gasteiger partial charge on any atom is 0.219 e. The van der Waals surface area contributed by atoms with Crippen molar-refractivity contribution in [2.24, 2.45) is 5.73 Å². The van der Waals surface area contributed by atoms with Gasteiger partial charge in [0.1, 0.15) is 11.6 Å². The van der Waals surface area contributed by atoms with E-state index >= 15 is 0 Å². The van der Waals surface area contributed by atoms with Crippen molar-refractivity contribution >= 4 is 33.4 Å². The van der Waals surface area contributed by atoms with Gasteiger partial charge in [-0.25, -0.2) is 4.98 Å². The van der Waals surface area contributed by atoms with Gasteiger partial charge in [-0.05, 0) is 40.2 Å². The van der Waals surface area contributed by atoms with Crippen molar-refractivity contribution in [2.75, 3.05) is 0 Å². The summed E-state index contributed by atoms with van der Waals surface area (Å²) in [6.07, 6.45) is 1.49. The van der Waals surface area contributed by atoms with Crippen LogP contribution in [-0.4, -0.2) is 10.8 Å². The molecule has 0 spiro atoms. The minimum atomic E-state index is -0.0262. The monoisotopic (exact) mass is 325 g/mol. The topological polar surface area (TPSA) is 72.0 Å². The molecule has 1 heterocycles. The first-order valence-electron chi connectivity index (χ1n) is 4.99. The Labute approximate surface area is 117 Å². The lowest BCUT2D eigenvalue weighted by molar-refractivity contribution is 0.460. The van der Waals surface area contributed by atoms with E-state index in [1.807, 2.05) is 0 Å². The number of hydrogen-bond acceptors (Lipinski definition) is 3. The van der Waals surface area contributed by atoms with Gasteiger partial charge in [0, 0.05) is 22.8 Å². The number of ether oxygens (including phenoxy) is 1. The molecular formula is C12H9BrClN3O. The molecule has 4 nitrogen and oxygen atoms in total. The largest absolute Gasteiger partial charge is 0.438 e. The summed E-state index contributed by atoms with van der Waals surface area (Å²) in [5.74, 6) is 1.01. The minimum absolute atomic E-state index is 0.0262. The number of hydrogen-bond donors (Lipinski definition) is 2.